The smallest absolute Gasteiger partial charge is 0.147 e. The van der Waals surface area contributed by atoms with Crippen molar-refractivity contribution >= 4 is 5.82 Å². The fraction of sp³-hybridized carbons (Fsp3) is 0.714. The highest BCUT2D eigenvalue weighted by atomic mass is 15.3. The summed E-state index contributed by atoms with van der Waals surface area (Å²) in [5, 5.41) is 3.10. The van der Waals surface area contributed by atoms with Crippen LogP contribution >= 0.6 is 0 Å². The van der Waals surface area contributed by atoms with Gasteiger partial charge in [0.2, 0.25) is 0 Å². The van der Waals surface area contributed by atoms with Gasteiger partial charge in [-0.1, -0.05) is 0 Å². The van der Waals surface area contributed by atoms with Gasteiger partial charge in [-0.25, -0.2) is 4.98 Å². The Morgan fingerprint density at radius 1 is 1.32 bits per heavy atom. The molecule has 5 nitrogen and oxygen atoms in total. The minimum atomic E-state index is 0.527. The minimum Gasteiger partial charge on any atom is -0.350 e. The van der Waals surface area contributed by atoms with Gasteiger partial charge < -0.3 is 10.2 Å². The first kappa shape index (κ1) is 12.8. The van der Waals surface area contributed by atoms with E-state index in [0.29, 0.717) is 6.04 Å². The molecule has 5 heteroatoms. The quantitative estimate of drug-likeness (QED) is 0.874. The van der Waals surface area contributed by atoms with E-state index in [2.05, 4.69) is 32.0 Å². The molecule has 3 rings (SSSR count). The molecule has 0 spiro atoms. The topological polar surface area (TPSA) is 44.3 Å². The summed E-state index contributed by atoms with van der Waals surface area (Å²) in [5.74, 6) is 1.03. The Bertz CT molecular complexity index is 418. The van der Waals surface area contributed by atoms with Crippen LogP contribution in [-0.2, 0) is 6.54 Å². The van der Waals surface area contributed by atoms with Gasteiger partial charge in [-0.3, -0.25) is 9.88 Å². The Labute approximate surface area is 115 Å². The number of hydrogen-bond donors (Lipinski definition) is 1. The van der Waals surface area contributed by atoms with E-state index in [0.717, 1.165) is 37.2 Å². The van der Waals surface area contributed by atoms with E-state index in [9.17, 15) is 0 Å². The number of nitrogens with zero attached hydrogens (tertiary/aromatic N) is 4. The lowest BCUT2D eigenvalue weighted by Crippen LogP contribution is -2.55. The highest BCUT2D eigenvalue weighted by Gasteiger charge is 2.34. The van der Waals surface area contributed by atoms with Crippen molar-refractivity contribution < 1.29 is 0 Å². The molecular formula is C14H23N5. The molecule has 0 bridgehead atoms. The minimum absolute atomic E-state index is 0.527. The molecule has 2 aliphatic heterocycles. The number of nitrogens with one attached hydrogen (secondary N) is 1. The van der Waals surface area contributed by atoms with E-state index in [-0.39, 0.29) is 0 Å². The normalized spacial score (nSPS) is 27.6. The van der Waals surface area contributed by atoms with Crippen LogP contribution in [-0.4, -0.2) is 53.6 Å². The summed E-state index contributed by atoms with van der Waals surface area (Å²) in [6.45, 7) is 6.60. The second kappa shape index (κ2) is 5.43. The number of hydrogen-bond acceptors (Lipinski definition) is 5. The molecule has 0 amide bonds. The van der Waals surface area contributed by atoms with Gasteiger partial charge in [0, 0.05) is 31.7 Å². The monoisotopic (exact) mass is 261 g/mol. The molecule has 2 fully saturated rings. The third-order valence-electron chi connectivity index (χ3n) is 4.28. The third-order valence-corrected chi connectivity index (χ3v) is 4.28. The number of aromatic nitrogens is 2. The lowest BCUT2D eigenvalue weighted by atomic mass is 10.1. The van der Waals surface area contributed by atoms with E-state index in [4.69, 9.17) is 0 Å². The van der Waals surface area contributed by atoms with Crippen LogP contribution in [0.15, 0.2) is 12.4 Å². The number of piperazine rings is 1. The Balaban J connectivity index is 1.73. The van der Waals surface area contributed by atoms with E-state index >= 15 is 0 Å². The molecule has 19 heavy (non-hydrogen) atoms. The largest absolute Gasteiger partial charge is 0.350 e. The van der Waals surface area contributed by atoms with Crippen LogP contribution in [0.2, 0.25) is 0 Å². The maximum absolute atomic E-state index is 4.59. The Morgan fingerprint density at radius 3 is 2.95 bits per heavy atom. The van der Waals surface area contributed by atoms with Crippen LogP contribution in [0.4, 0.5) is 5.82 Å². The van der Waals surface area contributed by atoms with Crippen molar-refractivity contribution in [2.24, 2.45) is 0 Å². The zero-order valence-corrected chi connectivity index (χ0v) is 11.8. The summed E-state index contributed by atoms with van der Waals surface area (Å²) < 4.78 is 0. The van der Waals surface area contributed by atoms with Crippen molar-refractivity contribution in [3.05, 3.63) is 18.1 Å². The van der Waals surface area contributed by atoms with Crippen molar-refractivity contribution in [3.8, 4) is 0 Å². The zero-order valence-electron chi connectivity index (χ0n) is 11.8. The molecule has 0 aromatic carbocycles. The summed E-state index contributed by atoms with van der Waals surface area (Å²) in [4.78, 5) is 14.1. The standard InChI is InChI=1S/C14H23N5/c1-11-9-18-5-3-4-13(18)10-19(11)14-8-16-12(6-15-2)7-17-14/h7-8,11,13,15H,3-6,9-10H2,1-2H3. The summed E-state index contributed by atoms with van der Waals surface area (Å²) >= 11 is 0. The molecule has 1 N–H and O–H groups in total. The maximum atomic E-state index is 4.59. The van der Waals surface area contributed by atoms with Crippen LogP contribution in [0, 0.1) is 0 Å². The molecule has 1 aromatic heterocycles. The van der Waals surface area contributed by atoms with Gasteiger partial charge in [0.25, 0.3) is 0 Å². The Hall–Kier alpha value is -1.20. The van der Waals surface area contributed by atoms with Crippen molar-refractivity contribution in [1.82, 2.24) is 20.2 Å². The summed E-state index contributed by atoms with van der Waals surface area (Å²) in [6.07, 6.45) is 6.49. The maximum Gasteiger partial charge on any atom is 0.147 e. The summed E-state index contributed by atoms with van der Waals surface area (Å²) in [7, 11) is 1.93. The molecule has 0 saturated carbocycles. The highest BCUT2D eigenvalue weighted by molar-refractivity contribution is 5.39. The SMILES string of the molecule is CNCc1cnc(N2CC3CCCN3CC2C)cn1. The van der Waals surface area contributed by atoms with Crippen LogP contribution in [0.5, 0.6) is 0 Å². The molecule has 1 aromatic rings. The van der Waals surface area contributed by atoms with Gasteiger partial charge in [0.1, 0.15) is 5.82 Å². The first-order valence-corrected chi connectivity index (χ1v) is 7.24. The highest BCUT2D eigenvalue weighted by Crippen LogP contribution is 2.27. The van der Waals surface area contributed by atoms with Gasteiger partial charge >= 0.3 is 0 Å². The van der Waals surface area contributed by atoms with Crippen LogP contribution in [0.25, 0.3) is 0 Å². The summed E-state index contributed by atoms with van der Waals surface area (Å²) in [5.41, 5.74) is 0.999. The average molecular weight is 261 g/mol. The fourth-order valence-corrected chi connectivity index (χ4v) is 3.28. The predicted octanol–water partition coefficient (Wildman–Crippen LogP) is 0.869. The van der Waals surface area contributed by atoms with E-state index in [1.807, 2.05) is 19.4 Å². The second-order valence-electron chi connectivity index (χ2n) is 5.69. The van der Waals surface area contributed by atoms with E-state index in [1.165, 1.54) is 19.4 Å². The van der Waals surface area contributed by atoms with Gasteiger partial charge in [-0.05, 0) is 33.4 Å². The van der Waals surface area contributed by atoms with Crippen molar-refractivity contribution in [2.75, 3.05) is 31.6 Å². The molecule has 2 unspecified atom stereocenters. The lowest BCUT2D eigenvalue weighted by Gasteiger charge is -2.42. The Kier molecular flexibility index (Phi) is 3.66. The number of rotatable bonds is 3. The molecular weight excluding hydrogens is 238 g/mol. The lowest BCUT2D eigenvalue weighted by molar-refractivity contribution is 0.202. The van der Waals surface area contributed by atoms with Crippen molar-refractivity contribution in [2.45, 2.75) is 38.4 Å². The van der Waals surface area contributed by atoms with Gasteiger partial charge in [-0.2, -0.15) is 0 Å². The van der Waals surface area contributed by atoms with Gasteiger partial charge in [0.05, 0.1) is 18.1 Å². The fourth-order valence-electron chi connectivity index (χ4n) is 3.28. The van der Waals surface area contributed by atoms with Crippen LogP contribution < -0.4 is 10.2 Å². The molecule has 3 heterocycles. The third kappa shape index (κ3) is 2.58. The zero-order chi connectivity index (χ0) is 13.2. The van der Waals surface area contributed by atoms with Crippen LogP contribution in [0.1, 0.15) is 25.5 Å². The predicted molar refractivity (Wildman–Crippen MR) is 76.2 cm³/mol. The molecule has 2 saturated heterocycles. The van der Waals surface area contributed by atoms with Gasteiger partial charge in [0.15, 0.2) is 0 Å². The van der Waals surface area contributed by atoms with Crippen molar-refractivity contribution in [1.29, 1.82) is 0 Å². The van der Waals surface area contributed by atoms with Crippen molar-refractivity contribution in [3.63, 3.8) is 0 Å². The number of fused-ring (bicyclic) bond motifs is 1. The van der Waals surface area contributed by atoms with Gasteiger partial charge in [-0.15, -0.1) is 0 Å². The molecule has 2 aliphatic rings. The first-order valence-electron chi connectivity index (χ1n) is 7.24. The molecule has 2 atom stereocenters. The molecule has 104 valence electrons. The first-order chi connectivity index (χ1) is 9.28. The molecule has 0 radical (unpaired) electrons. The van der Waals surface area contributed by atoms with E-state index < -0.39 is 0 Å². The Morgan fingerprint density at radius 2 is 2.21 bits per heavy atom. The number of anilines is 1. The average Bonchev–Trinajstić information content (AvgIpc) is 2.86. The molecule has 0 aliphatic carbocycles. The second-order valence-corrected chi connectivity index (χ2v) is 5.69. The summed E-state index contributed by atoms with van der Waals surface area (Å²) in [6, 6.07) is 1.24. The van der Waals surface area contributed by atoms with Crippen LogP contribution in [0.3, 0.4) is 0 Å². The van der Waals surface area contributed by atoms with E-state index in [1.54, 1.807) is 0 Å².